The third kappa shape index (κ3) is 7.76. The van der Waals surface area contributed by atoms with Crippen LogP contribution in [0.4, 0.5) is 0 Å². The Hall–Kier alpha value is -11.2. The maximum absolute atomic E-state index is 5.75. The van der Waals surface area contributed by atoms with Crippen molar-refractivity contribution in [2.45, 2.75) is 0 Å². The summed E-state index contributed by atoms with van der Waals surface area (Å²) in [7, 11) is 0. The van der Waals surface area contributed by atoms with E-state index < -0.39 is 0 Å². The molecule has 16 aromatic rings. The summed E-state index contributed by atoms with van der Waals surface area (Å²) in [6.07, 6.45) is 7.32. The molecule has 10 nitrogen and oxygen atoms in total. The molecular formula is C71H42N10. The first-order chi connectivity index (χ1) is 40.1. The second-order valence-electron chi connectivity index (χ2n) is 20.1. The average Bonchev–Trinajstić information content (AvgIpc) is 4.15. The molecule has 0 fully saturated rings. The van der Waals surface area contributed by atoms with Crippen molar-refractivity contribution in [3.8, 4) is 84.9 Å². The first-order valence-corrected chi connectivity index (χ1v) is 26.8. The van der Waals surface area contributed by atoms with E-state index in [4.69, 9.17) is 44.9 Å². The number of rotatable bonds is 8. The summed E-state index contributed by atoms with van der Waals surface area (Å²) in [6.45, 7) is 0. The van der Waals surface area contributed by atoms with E-state index in [9.17, 15) is 0 Å². The molecule has 7 heterocycles. The Morgan fingerprint density at radius 3 is 1.05 bits per heavy atom. The zero-order valence-electron chi connectivity index (χ0n) is 43.2. The highest BCUT2D eigenvalue weighted by Crippen LogP contribution is 2.43. The van der Waals surface area contributed by atoms with Crippen LogP contribution in [-0.4, -0.2) is 49.4 Å². The lowest BCUT2D eigenvalue weighted by Crippen LogP contribution is -2.02. The topological polar surface area (TPSA) is 121 Å². The average molecular weight is 1040 g/mol. The molecule has 9 aromatic carbocycles. The zero-order chi connectivity index (χ0) is 53.4. The molecule has 7 aromatic heterocycles. The Labute approximate surface area is 463 Å². The lowest BCUT2D eigenvalue weighted by molar-refractivity contribution is 1.10. The van der Waals surface area contributed by atoms with Gasteiger partial charge in [0.25, 0.3) is 0 Å². The summed E-state index contributed by atoms with van der Waals surface area (Å²) in [4.78, 5) is 47.6. The predicted octanol–water partition coefficient (Wildman–Crippen LogP) is 16.8. The van der Waals surface area contributed by atoms with Crippen LogP contribution >= 0.6 is 0 Å². The van der Waals surface area contributed by atoms with Crippen LogP contribution < -0.4 is 0 Å². The van der Waals surface area contributed by atoms with Crippen molar-refractivity contribution >= 4 is 76.2 Å². The minimum atomic E-state index is 0.484. The fourth-order valence-electron chi connectivity index (χ4n) is 11.7. The number of benzene rings is 9. The Kier molecular flexibility index (Phi) is 10.6. The van der Waals surface area contributed by atoms with E-state index >= 15 is 0 Å². The summed E-state index contributed by atoms with van der Waals surface area (Å²) in [5, 5.41) is 8.43. The predicted molar refractivity (Wildman–Crippen MR) is 327 cm³/mol. The molecule has 0 spiro atoms. The molecule has 0 atom stereocenters. The maximum Gasteiger partial charge on any atom is 0.160 e. The monoisotopic (exact) mass is 1030 g/mol. The highest BCUT2D eigenvalue weighted by molar-refractivity contribution is 6.24. The third-order valence-corrected chi connectivity index (χ3v) is 15.3. The summed E-state index contributed by atoms with van der Waals surface area (Å²) in [5.74, 6) is 1.69. The van der Waals surface area contributed by atoms with E-state index in [0.29, 0.717) is 34.4 Å². The number of pyridine rings is 4. The summed E-state index contributed by atoms with van der Waals surface area (Å²) >= 11 is 0. The molecule has 0 aliphatic rings. The second-order valence-corrected chi connectivity index (χ2v) is 20.1. The normalized spacial score (nSPS) is 11.7. The third-order valence-electron chi connectivity index (χ3n) is 15.3. The van der Waals surface area contributed by atoms with Crippen LogP contribution in [0.3, 0.4) is 0 Å². The highest BCUT2D eigenvalue weighted by Gasteiger charge is 2.24. The van der Waals surface area contributed by atoms with Crippen molar-refractivity contribution in [1.82, 2.24) is 49.4 Å². The molecule has 0 radical (unpaired) electrons. The van der Waals surface area contributed by atoms with Crippen molar-refractivity contribution in [2.75, 3.05) is 0 Å². The first-order valence-electron chi connectivity index (χ1n) is 26.8. The van der Waals surface area contributed by atoms with E-state index in [1.807, 2.05) is 55.1 Å². The molecular weight excluding hydrogens is 993 g/mol. The number of imidazole rings is 1. The lowest BCUT2D eigenvalue weighted by atomic mass is 9.99. The number of nitrogens with zero attached hydrogens (tertiary/aromatic N) is 10. The SMILES string of the molecule is c1ccc(-n2c(-c3cc(-c4nc(-c5cccc6cccnc56)cc(-c5cccc6cccnc56)n4)cc(-c4nc(-c5cccc6cccnc56)cc(-c5cccc6cccnc56)n4)c3)nc3c4ccccc4c4ccccc4c32)cc1. The number of aromatic nitrogens is 10. The van der Waals surface area contributed by atoms with E-state index in [1.165, 1.54) is 0 Å². The van der Waals surface area contributed by atoms with Crippen LogP contribution in [0.15, 0.2) is 255 Å². The van der Waals surface area contributed by atoms with Crippen molar-refractivity contribution < 1.29 is 0 Å². The molecule has 0 amide bonds. The number of hydrogen-bond acceptors (Lipinski definition) is 9. The summed E-state index contributed by atoms with van der Waals surface area (Å²) < 4.78 is 2.30. The first kappa shape index (κ1) is 45.9. The fourth-order valence-corrected chi connectivity index (χ4v) is 11.7. The molecule has 81 heavy (non-hydrogen) atoms. The Bertz CT molecular complexity index is 4770. The van der Waals surface area contributed by atoms with Gasteiger partial charge in [-0.25, -0.2) is 24.9 Å². The van der Waals surface area contributed by atoms with Crippen LogP contribution in [0, 0.1) is 0 Å². The van der Waals surface area contributed by atoms with Gasteiger partial charge in [0, 0.05) is 102 Å². The van der Waals surface area contributed by atoms with Gasteiger partial charge in [-0.15, -0.1) is 0 Å². The van der Waals surface area contributed by atoms with Crippen LogP contribution in [0.25, 0.3) is 161 Å². The van der Waals surface area contributed by atoms with E-state index in [0.717, 1.165) is 127 Å². The van der Waals surface area contributed by atoms with Gasteiger partial charge < -0.3 is 0 Å². The lowest BCUT2D eigenvalue weighted by Gasteiger charge is -2.16. The molecule has 0 aliphatic carbocycles. The fraction of sp³-hybridized carbons (Fsp3) is 0. The van der Waals surface area contributed by atoms with Crippen molar-refractivity contribution in [1.29, 1.82) is 0 Å². The van der Waals surface area contributed by atoms with Gasteiger partial charge in [-0.05, 0) is 77.5 Å². The largest absolute Gasteiger partial charge is 0.292 e. The van der Waals surface area contributed by atoms with Gasteiger partial charge in [0.2, 0.25) is 0 Å². The number of para-hydroxylation sites is 5. The molecule has 0 aliphatic heterocycles. The van der Waals surface area contributed by atoms with Gasteiger partial charge in [0.1, 0.15) is 5.82 Å². The maximum atomic E-state index is 5.75. The molecule has 16 rings (SSSR count). The molecule has 0 saturated carbocycles. The zero-order valence-corrected chi connectivity index (χ0v) is 43.2. The molecule has 0 unspecified atom stereocenters. The summed E-state index contributed by atoms with van der Waals surface area (Å²) in [6, 6.07) is 79.2. The van der Waals surface area contributed by atoms with E-state index in [1.54, 1.807) is 0 Å². The van der Waals surface area contributed by atoms with Crippen LogP contribution in [0.5, 0.6) is 0 Å². The van der Waals surface area contributed by atoms with Gasteiger partial charge in [0.15, 0.2) is 11.6 Å². The highest BCUT2D eigenvalue weighted by atomic mass is 15.1. The molecule has 0 saturated heterocycles. The minimum Gasteiger partial charge on any atom is -0.292 e. The Balaban J connectivity index is 1.03. The molecule has 376 valence electrons. The van der Waals surface area contributed by atoms with E-state index in [2.05, 4.69) is 205 Å². The van der Waals surface area contributed by atoms with Crippen molar-refractivity contribution in [3.63, 3.8) is 0 Å². The smallest absolute Gasteiger partial charge is 0.160 e. The number of fused-ring (bicyclic) bond motifs is 10. The van der Waals surface area contributed by atoms with E-state index in [-0.39, 0.29) is 0 Å². The van der Waals surface area contributed by atoms with Gasteiger partial charge in [-0.2, -0.15) is 0 Å². The standard InChI is InChI=1S/C71H42N10/c1-2-24-50(25-3-1)81-68-54-29-7-5-27-52(54)51-26-4-6-28-53(51)67(68)80-71(81)49-39-47(69-76-59(55-30-8-16-43-20-12-34-72-63(43)55)41-60(77-69)56-31-9-17-44-21-13-35-73-64(44)56)38-48(40-49)70-78-61(57-32-10-18-45-22-14-36-74-65(45)57)42-62(79-70)58-33-11-19-46-23-15-37-75-66(46)58/h1-42H. The van der Waals surface area contributed by atoms with Crippen LogP contribution in [0.2, 0.25) is 0 Å². The van der Waals surface area contributed by atoms with Gasteiger partial charge in [-0.3, -0.25) is 24.5 Å². The molecule has 0 bridgehead atoms. The molecule has 10 heteroatoms. The van der Waals surface area contributed by atoms with Gasteiger partial charge in [-0.1, -0.05) is 164 Å². The van der Waals surface area contributed by atoms with Crippen LogP contribution in [-0.2, 0) is 0 Å². The molecule has 0 N–H and O–H groups in total. The van der Waals surface area contributed by atoms with Crippen molar-refractivity contribution in [2.24, 2.45) is 0 Å². The summed E-state index contributed by atoms with van der Waals surface area (Å²) in [5.41, 5.74) is 14.8. The number of hydrogen-bond donors (Lipinski definition) is 0. The Morgan fingerprint density at radius 2 is 0.617 bits per heavy atom. The second kappa shape index (κ2) is 18.8. The Morgan fingerprint density at radius 1 is 0.259 bits per heavy atom. The van der Waals surface area contributed by atoms with Gasteiger partial charge in [0.05, 0.1) is 55.9 Å². The van der Waals surface area contributed by atoms with Gasteiger partial charge >= 0.3 is 0 Å². The quantitative estimate of drug-likeness (QED) is 0.137. The minimum absolute atomic E-state index is 0.484. The van der Waals surface area contributed by atoms with Crippen molar-refractivity contribution in [3.05, 3.63) is 255 Å². The van der Waals surface area contributed by atoms with Crippen LogP contribution in [0.1, 0.15) is 0 Å².